The summed E-state index contributed by atoms with van der Waals surface area (Å²) in [6.07, 6.45) is 7.54. The fraction of sp³-hybridized carbons (Fsp3) is 0.882. The average Bonchev–Trinajstić information content (AvgIpc) is 3.17. The second kappa shape index (κ2) is 10.5. The van der Waals surface area contributed by atoms with Crippen LogP contribution in [0.4, 0.5) is 0 Å². The first kappa shape index (κ1) is 24.4. The van der Waals surface area contributed by atoms with Crippen molar-refractivity contribution in [3.05, 3.63) is 0 Å². The van der Waals surface area contributed by atoms with Crippen molar-refractivity contribution in [2.45, 2.75) is 50.6 Å². The van der Waals surface area contributed by atoms with Crippen LogP contribution >= 0.6 is 24.8 Å². The molecule has 2 aliphatic carbocycles. The second-order valence-electron chi connectivity index (χ2n) is 7.45. The van der Waals surface area contributed by atoms with Crippen LogP contribution in [0.15, 0.2) is 0 Å². The molecule has 2 aliphatic heterocycles. The van der Waals surface area contributed by atoms with Gasteiger partial charge >= 0.3 is 5.97 Å². The van der Waals surface area contributed by atoms with Crippen molar-refractivity contribution in [3.63, 3.8) is 0 Å². The number of nitriles is 1. The van der Waals surface area contributed by atoms with E-state index < -0.39 is 5.97 Å². The van der Waals surface area contributed by atoms with Gasteiger partial charge in [-0.15, -0.1) is 24.8 Å². The number of hydrogen-bond donors (Lipinski definition) is 3. The van der Waals surface area contributed by atoms with Gasteiger partial charge in [0.25, 0.3) is 0 Å². The molecule has 6 atom stereocenters. The summed E-state index contributed by atoms with van der Waals surface area (Å²) < 4.78 is 0. The minimum atomic E-state index is -0.667. The predicted molar refractivity (Wildman–Crippen MR) is 103 cm³/mol. The highest BCUT2D eigenvalue weighted by molar-refractivity contribution is 5.85. The third-order valence-electron chi connectivity index (χ3n) is 6.27. The van der Waals surface area contributed by atoms with E-state index in [0.717, 1.165) is 25.4 Å². The number of carboxylic acid groups (broad SMARTS) is 1. The van der Waals surface area contributed by atoms with Crippen LogP contribution in [-0.4, -0.2) is 48.2 Å². The predicted octanol–water partition coefficient (Wildman–Crippen LogP) is 2.70. The van der Waals surface area contributed by atoms with E-state index in [1.54, 1.807) is 0 Å². The van der Waals surface area contributed by atoms with Crippen LogP contribution < -0.4 is 11.5 Å². The molecule has 4 fully saturated rings. The van der Waals surface area contributed by atoms with Crippen molar-refractivity contribution >= 4 is 30.8 Å². The Morgan fingerprint density at radius 2 is 1.72 bits per heavy atom. The Bertz CT molecular complexity index is 474. The molecule has 0 spiro atoms. The van der Waals surface area contributed by atoms with Gasteiger partial charge in [0.2, 0.25) is 0 Å². The third-order valence-corrected chi connectivity index (χ3v) is 6.27. The van der Waals surface area contributed by atoms with E-state index in [1.807, 2.05) is 0 Å². The van der Waals surface area contributed by atoms with Gasteiger partial charge in [0, 0.05) is 6.54 Å². The van der Waals surface area contributed by atoms with Crippen molar-refractivity contribution in [2.24, 2.45) is 23.7 Å². The first-order valence-corrected chi connectivity index (χ1v) is 8.68. The summed E-state index contributed by atoms with van der Waals surface area (Å²) >= 11 is 0. The molecule has 0 aromatic carbocycles. The SMILES string of the molecule is CN1C[C@@H]2CCC[C@@H]2[C@H]1C#N.Cl.Cl.N.O=C(O)[C@H]1NC[C@@H]2CCC[C@@H]21. The summed E-state index contributed by atoms with van der Waals surface area (Å²) in [5, 5.41) is 20.7. The molecule has 4 rings (SSSR count). The number of rotatable bonds is 1. The molecule has 6 nitrogen and oxygen atoms in total. The van der Waals surface area contributed by atoms with Crippen molar-refractivity contribution in [1.29, 1.82) is 5.26 Å². The number of nitrogens with zero attached hydrogens (tertiary/aromatic N) is 2. The van der Waals surface area contributed by atoms with Gasteiger partial charge in [-0.2, -0.15) is 5.26 Å². The standard InChI is InChI=1S/C9H14N2.C8H13NO2.2ClH.H3N/c1-11-6-7-3-2-4-8(7)9(11)5-10;10-8(11)7-6-3-1-2-5(6)4-9-7;;;/h7-9H,2-4,6H2,1H3;5-7,9H,1-4H2,(H,10,11);2*1H;1H3/t7-,8-,9+;5-,6-,7-;;;/m00.../s1. The topological polar surface area (TPSA) is 111 Å². The highest BCUT2D eigenvalue weighted by Crippen LogP contribution is 2.41. The van der Waals surface area contributed by atoms with Crippen LogP contribution in [-0.2, 0) is 4.79 Å². The Morgan fingerprint density at radius 1 is 1.12 bits per heavy atom. The van der Waals surface area contributed by atoms with E-state index in [0.29, 0.717) is 17.8 Å². The molecule has 8 heteroatoms. The monoisotopic (exact) mass is 394 g/mol. The lowest BCUT2D eigenvalue weighted by Crippen LogP contribution is -2.35. The fourth-order valence-corrected chi connectivity index (χ4v) is 5.17. The van der Waals surface area contributed by atoms with Crippen LogP contribution in [0.3, 0.4) is 0 Å². The zero-order chi connectivity index (χ0) is 15.7. The van der Waals surface area contributed by atoms with E-state index in [-0.39, 0.29) is 43.0 Å². The molecule has 0 radical (unpaired) electrons. The quantitative estimate of drug-likeness (QED) is 0.630. The molecule has 5 N–H and O–H groups in total. The molecular formula is C17H32Cl2N4O2. The fourth-order valence-electron chi connectivity index (χ4n) is 5.17. The summed E-state index contributed by atoms with van der Waals surface area (Å²) in [5.41, 5.74) is 0. The van der Waals surface area contributed by atoms with Gasteiger partial charge in [0.1, 0.15) is 12.1 Å². The van der Waals surface area contributed by atoms with Crippen molar-refractivity contribution in [2.75, 3.05) is 20.1 Å². The Labute approximate surface area is 163 Å². The highest BCUT2D eigenvalue weighted by atomic mass is 35.5. The maximum absolute atomic E-state index is 10.7. The normalized spacial score (nSPS) is 37.9. The molecule has 0 amide bonds. The Hall–Kier alpha value is -0.580. The van der Waals surface area contributed by atoms with Crippen molar-refractivity contribution in [3.8, 4) is 6.07 Å². The number of aliphatic carboxylic acids is 1. The number of hydrogen-bond acceptors (Lipinski definition) is 5. The first-order valence-electron chi connectivity index (χ1n) is 8.68. The summed E-state index contributed by atoms with van der Waals surface area (Å²) in [4.78, 5) is 12.9. The van der Waals surface area contributed by atoms with Gasteiger partial charge in [-0.1, -0.05) is 12.8 Å². The van der Waals surface area contributed by atoms with E-state index in [1.165, 1.54) is 32.1 Å². The summed E-state index contributed by atoms with van der Waals surface area (Å²) in [6, 6.07) is 2.39. The maximum atomic E-state index is 10.7. The van der Waals surface area contributed by atoms with Crippen LogP contribution in [0.2, 0.25) is 0 Å². The first-order chi connectivity index (χ1) is 10.6. The average molecular weight is 395 g/mol. The van der Waals surface area contributed by atoms with Crippen LogP contribution in [0.5, 0.6) is 0 Å². The number of nitrogens with one attached hydrogen (secondary N) is 1. The van der Waals surface area contributed by atoms with Crippen LogP contribution in [0, 0.1) is 35.0 Å². The van der Waals surface area contributed by atoms with E-state index in [2.05, 4.69) is 23.3 Å². The van der Waals surface area contributed by atoms with Gasteiger partial charge in [-0.25, -0.2) is 0 Å². The van der Waals surface area contributed by atoms with Gasteiger partial charge < -0.3 is 16.6 Å². The lowest BCUT2D eigenvalue weighted by atomic mass is 9.94. The maximum Gasteiger partial charge on any atom is 0.320 e. The number of halogens is 2. The molecule has 0 unspecified atom stereocenters. The van der Waals surface area contributed by atoms with Crippen molar-refractivity contribution in [1.82, 2.24) is 16.4 Å². The summed E-state index contributed by atoms with van der Waals surface area (Å²) in [6.45, 7) is 2.07. The van der Waals surface area contributed by atoms with Gasteiger partial charge in [0.15, 0.2) is 0 Å². The Morgan fingerprint density at radius 3 is 2.32 bits per heavy atom. The third kappa shape index (κ3) is 4.99. The van der Waals surface area contributed by atoms with Crippen LogP contribution in [0.25, 0.3) is 0 Å². The Kier molecular flexibility index (Phi) is 10.3. The lowest BCUT2D eigenvalue weighted by molar-refractivity contribution is -0.140. The van der Waals surface area contributed by atoms with E-state index >= 15 is 0 Å². The summed E-state index contributed by atoms with van der Waals surface area (Å²) in [7, 11) is 2.08. The molecule has 4 aliphatic rings. The second-order valence-corrected chi connectivity index (χ2v) is 7.45. The number of fused-ring (bicyclic) bond motifs is 2. The molecule has 0 aromatic rings. The number of carbonyl (C=O) groups is 1. The largest absolute Gasteiger partial charge is 0.480 e. The summed E-state index contributed by atoms with van der Waals surface area (Å²) in [5.74, 6) is 1.94. The molecule has 2 saturated carbocycles. The van der Waals surface area contributed by atoms with Crippen LogP contribution in [0.1, 0.15) is 38.5 Å². The molecular weight excluding hydrogens is 363 g/mol. The molecule has 146 valence electrons. The molecule has 2 heterocycles. The molecule has 0 bridgehead atoms. The van der Waals surface area contributed by atoms with E-state index in [9.17, 15) is 4.79 Å². The zero-order valence-corrected chi connectivity index (χ0v) is 16.5. The van der Waals surface area contributed by atoms with Gasteiger partial charge in [0.05, 0.1) is 6.07 Å². The van der Waals surface area contributed by atoms with E-state index in [4.69, 9.17) is 10.4 Å². The Balaban J connectivity index is 0.000000411. The lowest BCUT2D eigenvalue weighted by Gasteiger charge is -2.15. The highest BCUT2D eigenvalue weighted by Gasteiger charge is 2.43. The van der Waals surface area contributed by atoms with Crippen molar-refractivity contribution < 1.29 is 9.90 Å². The van der Waals surface area contributed by atoms with Gasteiger partial charge in [-0.05, 0) is 62.9 Å². The van der Waals surface area contributed by atoms with Gasteiger partial charge in [-0.3, -0.25) is 9.69 Å². The minimum absolute atomic E-state index is 0. The smallest absolute Gasteiger partial charge is 0.320 e. The molecule has 0 aromatic heterocycles. The minimum Gasteiger partial charge on any atom is -0.480 e. The number of likely N-dealkylation sites (tertiary alicyclic amines) is 1. The zero-order valence-electron chi connectivity index (χ0n) is 14.9. The molecule has 25 heavy (non-hydrogen) atoms. The molecule has 2 saturated heterocycles. The number of carboxylic acids is 1.